The summed E-state index contributed by atoms with van der Waals surface area (Å²) in [7, 11) is 0. The fraction of sp³-hybridized carbons (Fsp3) is 0.409. The largest absolute Gasteiger partial charge is 0.444 e. The summed E-state index contributed by atoms with van der Waals surface area (Å²) < 4.78 is 27.0. The van der Waals surface area contributed by atoms with E-state index in [-0.39, 0.29) is 23.4 Å². The van der Waals surface area contributed by atoms with Crippen LogP contribution >= 0.6 is 0 Å². The molecule has 0 spiro atoms. The van der Waals surface area contributed by atoms with Crippen molar-refractivity contribution in [1.82, 2.24) is 24.6 Å². The molecule has 0 radical (unpaired) electrons. The number of halogens is 1. The van der Waals surface area contributed by atoms with Crippen molar-refractivity contribution in [3.8, 4) is 17.7 Å². The van der Waals surface area contributed by atoms with Gasteiger partial charge in [0, 0.05) is 12.6 Å². The van der Waals surface area contributed by atoms with Crippen molar-refractivity contribution in [2.24, 2.45) is 0 Å². The Bertz CT molecular complexity index is 1200. The number of amides is 1. The number of carbonyl (C=O) groups is 1. The number of hydrogen-bond donors (Lipinski definition) is 0. The van der Waals surface area contributed by atoms with Crippen LogP contribution in [0.5, 0.6) is 11.6 Å². The highest BCUT2D eigenvalue weighted by Gasteiger charge is 2.33. The van der Waals surface area contributed by atoms with Crippen molar-refractivity contribution in [2.45, 2.75) is 51.8 Å². The summed E-state index contributed by atoms with van der Waals surface area (Å²) in [5, 5.41) is 13.9. The van der Waals surface area contributed by atoms with Crippen LogP contribution in [0.4, 0.5) is 9.18 Å². The van der Waals surface area contributed by atoms with E-state index in [1.54, 1.807) is 21.8 Å². The third kappa shape index (κ3) is 4.32. The van der Waals surface area contributed by atoms with Gasteiger partial charge in [-0.2, -0.15) is 10.4 Å². The Hall–Kier alpha value is -3.74. The molecule has 0 bridgehead atoms. The molecular weight excluding hydrogens is 415 g/mol. The van der Waals surface area contributed by atoms with E-state index >= 15 is 0 Å². The van der Waals surface area contributed by atoms with Crippen LogP contribution in [0.15, 0.2) is 30.7 Å². The second-order valence-electron chi connectivity index (χ2n) is 8.51. The van der Waals surface area contributed by atoms with E-state index in [1.807, 2.05) is 20.8 Å². The molecule has 1 amide bonds. The fourth-order valence-electron chi connectivity index (χ4n) is 3.60. The summed E-state index contributed by atoms with van der Waals surface area (Å²) in [6.07, 6.45) is 4.66. The van der Waals surface area contributed by atoms with Crippen molar-refractivity contribution in [3.05, 3.63) is 42.1 Å². The lowest BCUT2D eigenvalue weighted by Gasteiger charge is -2.36. The van der Waals surface area contributed by atoms with Gasteiger partial charge in [-0.25, -0.2) is 23.8 Å². The van der Waals surface area contributed by atoms with E-state index in [9.17, 15) is 9.18 Å². The van der Waals surface area contributed by atoms with Crippen LogP contribution in [0.25, 0.3) is 11.0 Å². The standard InChI is InChI=1S/C22H23FN6O3/c1-22(2,3)32-21(30)28-9-5-4-6-18(28)29-19-16(12-27-29)20(26-13-25-19)31-15-8-7-14(11-24)17(23)10-15/h7-8,10,12-13,18H,4-6,9H2,1-3H3. The first kappa shape index (κ1) is 21.5. The number of hydrogen-bond acceptors (Lipinski definition) is 7. The lowest BCUT2D eigenvalue weighted by molar-refractivity contribution is -0.00267. The van der Waals surface area contributed by atoms with Gasteiger partial charge < -0.3 is 9.47 Å². The molecule has 1 aliphatic rings. The predicted molar refractivity (Wildman–Crippen MR) is 112 cm³/mol. The van der Waals surface area contributed by atoms with Crippen molar-refractivity contribution in [1.29, 1.82) is 5.26 Å². The van der Waals surface area contributed by atoms with Gasteiger partial charge in [-0.05, 0) is 52.2 Å². The van der Waals surface area contributed by atoms with Gasteiger partial charge in [0.2, 0.25) is 5.88 Å². The maximum absolute atomic E-state index is 13.9. The number of benzene rings is 1. The number of fused-ring (bicyclic) bond motifs is 1. The van der Waals surface area contributed by atoms with Crippen molar-refractivity contribution < 1.29 is 18.7 Å². The topological polar surface area (TPSA) is 106 Å². The zero-order chi connectivity index (χ0) is 22.9. The number of nitrogens with zero attached hydrogens (tertiary/aromatic N) is 6. The molecule has 1 saturated heterocycles. The lowest BCUT2D eigenvalue weighted by atomic mass is 10.1. The van der Waals surface area contributed by atoms with Crippen molar-refractivity contribution in [3.63, 3.8) is 0 Å². The number of piperidine rings is 1. The molecule has 3 heterocycles. The molecule has 0 aliphatic carbocycles. The summed E-state index contributed by atoms with van der Waals surface area (Å²) >= 11 is 0. The van der Waals surface area contributed by atoms with E-state index in [1.165, 1.54) is 18.5 Å². The molecule has 166 valence electrons. The average molecular weight is 438 g/mol. The summed E-state index contributed by atoms with van der Waals surface area (Å²) in [5.74, 6) is -0.284. The molecular formula is C22H23FN6O3. The number of carbonyl (C=O) groups excluding carboxylic acids is 1. The Labute approximate surface area is 184 Å². The minimum atomic E-state index is -0.679. The van der Waals surface area contributed by atoms with Crippen LogP contribution in [-0.4, -0.2) is 42.9 Å². The third-order valence-corrected chi connectivity index (χ3v) is 5.01. The Balaban J connectivity index is 1.65. The van der Waals surface area contributed by atoms with Gasteiger partial charge in [-0.1, -0.05) is 0 Å². The smallest absolute Gasteiger partial charge is 0.412 e. The van der Waals surface area contributed by atoms with E-state index in [0.717, 1.165) is 18.9 Å². The van der Waals surface area contributed by atoms with E-state index < -0.39 is 17.5 Å². The highest BCUT2D eigenvalue weighted by Crippen LogP contribution is 2.33. The van der Waals surface area contributed by atoms with E-state index in [0.29, 0.717) is 24.0 Å². The molecule has 0 saturated carbocycles. The van der Waals surface area contributed by atoms with Gasteiger partial charge in [0.25, 0.3) is 0 Å². The SMILES string of the molecule is CC(C)(C)OC(=O)N1CCCCC1n1ncc2c(Oc3ccc(C#N)c(F)c3)ncnc21. The maximum Gasteiger partial charge on any atom is 0.412 e. The van der Waals surface area contributed by atoms with Crippen LogP contribution in [0, 0.1) is 17.1 Å². The van der Waals surface area contributed by atoms with E-state index in [4.69, 9.17) is 14.7 Å². The Morgan fingerprint density at radius 2 is 2.09 bits per heavy atom. The number of likely N-dealkylation sites (tertiary alicyclic amines) is 1. The lowest BCUT2D eigenvalue weighted by Crippen LogP contribution is -2.44. The molecule has 4 rings (SSSR count). The first-order valence-electron chi connectivity index (χ1n) is 10.3. The maximum atomic E-state index is 13.9. The molecule has 3 aromatic rings. The highest BCUT2D eigenvalue weighted by atomic mass is 19.1. The Kier molecular flexibility index (Phi) is 5.65. The summed E-state index contributed by atoms with van der Waals surface area (Å²) in [6, 6.07) is 5.73. The zero-order valence-electron chi connectivity index (χ0n) is 18.1. The van der Waals surface area contributed by atoms with Crippen LogP contribution in [0.3, 0.4) is 0 Å². The minimum Gasteiger partial charge on any atom is -0.444 e. The molecule has 32 heavy (non-hydrogen) atoms. The van der Waals surface area contributed by atoms with Gasteiger partial charge in [0.15, 0.2) is 5.65 Å². The number of ether oxygens (including phenoxy) is 2. The molecule has 1 aliphatic heterocycles. The van der Waals surface area contributed by atoms with Gasteiger partial charge in [-0.15, -0.1) is 0 Å². The Morgan fingerprint density at radius 1 is 1.28 bits per heavy atom. The summed E-state index contributed by atoms with van der Waals surface area (Å²) in [5.41, 5.74) is -0.188. The molecule has 10 heteroatoms. The fourth-order valence-corrected chi connectivity index (χ4v) is 3.60. The third-order valence-electron chi connectivity index (χ3n) is 5.01. The van der Waals surface area contributed by atoms with Crippen LogP contribution in [0.1, 0.15) is 51.8 Å². The summed E-state index contributed by atoms with van der Waals surface area (Å²) in [4.78, 5) is 23.0. The van der Waals surface area contributed by atoms with Crippen molar-refractivity contribution >= 4 is 17.1 Å². The molecule has 0 N–H and O–H groups in total. The number of nitriles is 1. The first-order valence-corrected chi connectivity index (χ1v) is 10.3. The second-order valence-corrected chi connectivity index (χ2v) is 8.51. The molecule has 1 unspecified atom stereocenters. The predicted octanol–water partition coefficient (Wildman–Crippen LogP) is 4.55. The molecule has 1 atom stereocenters. The van der Waals surface area contributed by atoms with Gasteiger partial charge in [0.05, 0.1) is 11.8 Å². The first-order chi connectivity index (χ1) is 15.3. The van der Waals surface area contributed by atoms with Crippen LogP contribution in [-0.2, 0) is 4.74 Å². The quantitative estimate of drug-likeness (QED) is 0.590. The molecule has 2 aromatic heterocycles. The van der Waals surface area contributed by atoms with Crippen LogP contribution in [0.2, 0.25) is 0 Å². The number of rotatable bonds is 3. The number of aromatic nitrogens is 4. The van der Waals surface area contributed by atoms with Crippen LogP contribution < -0.4 is 4.74 Å². The van der Waals surface area contributed by atoms with Crippen molar-refractivity contribution in [2.75, 3.05) is 6.54 Å². The highest BCUT2D eigenvalue weighted by molar-refractivity contribution is 5.80. The second kappa shape index (κ2) is 8.42. The van der Waals surface area contributed by atoms with Gasteiger partial charge >= 0.3 is 6.09 Å². The molecule has 9 nitrogen and oxygen atoms in total. The molecule has 1 aromatic carbocycles. The van der Waals surface area contributed by atoms with Gasteiger partial charge in [0.1, 0.15) is 41.1 Å². The molecule has 1 fully saturated rings. The minimum absolute atomic E-state index is 0.0717. The van der Waals surface area contributed by atoms with E-state index in [2.05, 4.69) is 15.1 Å². The summed E-state index contributed by atoms with van der Waals surface area (Å²) in [6.45, 7) is 6.04. The van der Waals surface area contributed by atoms with Gasteiger partial charge in [-0.3, -0.25) is 4.90 Å². The normalized spacial score (nSPS) is 16.6. The zero-order valence-corrected chi connectivity index (χ0v) is 18.1. The average Bonchev–Trinajstić information content (AvgIpc) is 3.18. The Morgan fingerprint density at radius 3 is 2.81 bits per heavy atom. The monoisotopic (exact) mass is 438 g/mol.